The highest BCUT2D eigenvalue weighted by Crippen LogP contribution is 2.23. The second-order valence-electron chi connectivity index (χ2n) is 6.97. The van der Waals surface area contributed by atoms with Crippen molar-refractivity contribution in [1.29, 1.82) is 0 Å². The van der Waals surface area contributed by atoms with Crippen molar-refractivity contribution in [3.63, 3.8) is 0 Å². The molecule has 0 spiro atoms. The van der Waals surface area contributed by atoms with Crippen LogP contribution in [0.1, 0.15) is 55.6 Å². The third-order valence-corrected chi connectivity index (χ3v) is 5.02. The van der Waals surface area contributed by atoms with Crippen LogP contribution in [0.4, 0.5) is 0 Å². The standard InChI is InChI=1S/C23H30N2O3/c1-6-18(7-2)16-28-22-11-9-19(8-3)14-20(22)15-25-17(4)13-21(24-25)10-12-23(26)27-5/h3,9,11,13-14,18H,6-7,10,12,15-16H2,1-2,4-5H3. The van der Waals surface area contributed by atoms with E-state index in [0.717, 1.165) is 41.1 Å². The van der Waals surface area contributed by atoms with Gasteiger partial charge in [0.25, 0.3) is 0 Å². The number of carbonyl (C=O) groups is 1. The molecule has 28 heavy (non-hydrogen) atoms. The van der Waals surface area contributed by atoms with Gasteiger partial charge in [-0.3, -0.25) is 9.48 Å². The first kappa shape index (κ1) is 21.6. The Hall–Kier alpha value is -2.74. The number of benzene rings is 1. The minimum atomic E-state index is -0.231. The molecule has 0 bridgehead atoms. The molecule has 0 radical (unpaired) electrons. The first-order valence-corrected chi connectivity index (χ1v) is 9.83. The number of carbonyl (C=O) groups excluding carboxylic acids is 1. The summed E-state index contributed by atoms with van der Waals surface area (Å²) in [5.74, 6) is 3.84. The van der Waals surface area contributed by atoms with E-state index in [9.17, 15) is 4.79 Å². The number of hydrogen-bond donors (Lipinski definition) is 0. The Morgan fingerprint density at radius 1 is 1.29 bits per heavy atom. The van der Waals surface area contributed by atoms with Gasteiger partial charge >= 0.3 is 5.97 Å². The molecule has 1 heterocycles. The van der Waals surface area contributed by atoms with Gasteiger partial charge in [-0.1, -0.05) is 32.6 Å². The van der Waals surface area contributed by atoms with Gasteiger partial charge in [0.05, 0.1) is 32.4 Å². The zero-order valence-electron chi connectivity index (χ0n) is 17.3. The van der Waals surface area contributed by atoms with Crippen LogP contribution in [0.5, 0.6) is 5.75 Å². The van der Waals surface area contributed by atoms with E-state index in [1.807, 2.05) is 35.9 Å². The van der Waals surface area contributed by atoms with Gasteiger partial charge in [0.2, 0.25) is 0 Å². The normalized spacial score (nSPS) is 10.7. The molecule has 1 aromatic carbocycles. The first-order valence-electron chi connectivity index (χ1n) is 9.83. The molecule has 2 rings (SSSR count). The average Bonchev–Trinajstić information content (AvgIpc) is 3.06. The van der Waals surface area contributed by atoms with Gasteiger partial charge in [-0.05, 0) is 37.1 Å². The monoisotopic (exact) mass is 382 g/mol. The van der Waals surface area contributed by atoms with Crippen molar-refractivity contribution in [2.75, 3.05) is 13.7 Å². The highest BCUT2D eigenvalue weighted by atomic mass is 16.5. The Kier molecular flexibility index (Phi) is 8.13. The van der Waals surface area contributed by atoms with Crippen LogP contribution >= 0.6 is 0 Å². The minimum absolute atomic E-state index is 0.231. The van der Waals surface area contributed by atoms with Crippen molar-refractivity contribution >= 4 is 5.97 Å². The second-order valence-corrected chi connectivity index (χ2v) is 6.97. The largest absolute Gasteiger partial charge is 0.493 e. The van der Waals surface area contributed by atoms with Gasteiger partial charge in [0.1, 0.15) is 5.75 Å². The molecule has 2 aromatic rings. The van der Waals surface area contributed by atoms with E-state index in [1.165, 1.54) is 7.11 Å². The molecular weight excluding hydrogens is 352 g/mol. The molecule has 0 aliphatic heterocycles. The fourth-order valence-electron chi connectivity index (χ4n) is 3.02. The van der Waals surface area contributed by atoms with Crippen LogP contribution in [0, 0.1) is 25.2 Å². The van der Waals surface area contributed by atoms with Crippen LogP contribution in [0.3, 0.4) is 0 Å². The van der Waals surface area contributed by atoms with E-state index in [-0.39, 0.29) is 5.97 Å². The van der Waals surface area contributed by atoms with Crippen LogP contribution in [0.25, 0.3) is 0 Å². The van der Waals surface area contributed by atoms with Crippen molar-refractivity contribution in [1.82, 2.24) is 9.78 Å². The average molecular weight is 383 g/mol. The predicted molar refractivity (Wildman–Crippen MR) is 110 cm³/mol. The molecule has 0 saturated heterocycles. The summed E-state index contributed by atoms with van der Waals surface area (Å²) in [7, 11) is 1.40. The molecule has 0 saturated carbocycles. The van der Waals surface area contributed by atoms with Crippen LogP contribution in [0.2, 0.25) is 0 Å². The Morgan fingerprint density at radius 2 is 2.04 bits per heavy atom. The van der Waals surface area contributed by atoms with Crippen LogP contribution in [-0.4, -0.2) is 29.5 Å². The molecule has 0 aliphatic carbocycles. The Bertz CT molecular complexity index is 829. The number of aryl methyl sites for hydroxylation is 2. The highest BCUT2D eigenvalue weighted by molar-refractivity contribution is 5.69. The highest BCUT2D eigenvalue weighted by Gasteiger charge is 2.12. The summed E-state index contributed by atoms with van der Waals surface area (Å²) in [5.41, 5.74) is 3.72. The SMILES string of the molecule is C#Cc1ccc(OCC(CC)CC)c(Cn2nc(CCC(=O)OC)cc2C)c1. The predicted octanol–water partition coefficient (Wildman–Crippen LogP) is 4.14. The zero-order chi connectivity index (χ0) is 20.5. The molecule has 0 N–H and O–H groups in total. The van der Waals surface area contributed by atoms with Crippen LogP contribution in [0.15, 0.2) is 24.3 Å². The third-order valence-electron chi connectivity index (χ3n) is 5.02. The van der Waals surface area contributed by atoms with Gasteiger partial charge in [0.15, 0.2) is 0 Å². The molecule has 5 nitrogen and oxygen atoms in total. The minimum Gasteiger partial charge on any atom is -0.493 e. The van der Waals surface area contributed by atoms with Crippen molar-refractivity contribution in [2.24, 2.45) is 5.92 Å². The van der Waals surface area contributed by atoms with E-state index in [1.54, 1.807) is 0 Å². The van der Waals surface area contributed by atoms with Crippen molar-refractivity contribution in [3.05, 3.63) is 46.8 Å². The quantitative estimate of drug-likeness (QED) is 0.458. The Morgan fingerprint density at radius 3 is 2.68 bits per heavy atom. The van der Waals surface area contributed by atoms with Crippen molar-refractivity contribution < 1.29 is 14.3 Å². The number of rotatable bonds is 10. The van der Waals surface area contributed by atoms with E-state index in [2.05, 4.69) is 24.9 Å². The number of ether oxygens (including phenoxy) is 2. The maximum absolute atomic E-state index is 11.4. The number of methoxy groups -OCH3 is 1. The van der Waals surface area contributed by atoms with Crippen LogP contribution < -0.4 is 4.74 Å². The Labute approximate surface area is 168 Å². The number of hydrogen-bond acceptors (Lipinski definition) is 4. The molecule has 0 fully saturated rings. The lowest BCUT2D eigenvalue weighted by Gasteiger charge is -2.17. The fourth-order valence-corrected chi connectivity index (χ4v) is 3.02. The maximum atomic E-state index is 11.4. The lowest BCUT2D eigenvalue weighted by atomic mass is 10.1. The number of nitrogens with zero attached hydrogens (tertiary/aromatic N) is 2. The van der Waals surface area contributed by atoms with E-state index in [0.29, 0.717) is 31.9 Å². The molecule has 1 aromatic heterocycles. The van der Waals surface area contributed by atoms with Gasteiger partial charge in [-0.2, -0.15) is 5.10 Å². The molecule has 0 aliphatic rings. The van der Waals surface area contributed by atoms with Crippen LogP contribution in [-0.2, 0) is 22.5 Å². The third kappa shape index (κ3) is 5.88. The summed E-state index contributed by atoms with van der Waals surface area (Å²) >= 11 is 0. The lowest BCUT2D eigenvalue weighted by Crippen LogP contribution is -2.12. The summed E-state index contributed by atoms with van der Waals surface area (Å²) in [6.07, 6.45) is 8.65. The Balaban J connectivity index is 2.18. The van der Waals surface area contributed by atoms with Gasteiger partial charge in [-0.25, -0.2) is 0 Å². The molecule has 0 unspecified atom stereocenters. The van der Waals surface area contributed by atoms with E-state index in [4.69, 9.17) is 15.9 Å². The van der Waals surface area contributed by atoms with Gasteiger partial charge in [-0.15, -0.1) is 6.42 Å². The number of esters is 1. The smallest absolute Gasteiger partial charge is 0.305 e. The summed E-state index contributed by atoms with van der Waals surface area (Å²) in [4.78, 5) is 11.4. The number of terminal acetylenes is 1. The summed E-state index contributed by atoms with van der Waals surface area (Å²) in [6.45, 7) is 7.63. The summed E-state index contributed by atoms with van der Waals surface area (Å²) in [6, 6.07) is 7.84. The first-order chi connectivity index (χ1) is 13.5. The summed E-state index contributed by atoms with van der Waals surface area (Å²) < 4.78 is 12.7. The molecular formula is C23H30N2O3. The van der Waals surface area contributed by atoms with Crippen molar-refractivity contribution in [2.45, 2.75) is 53.0 Å². The molecule has 0 atom stereocenters. The second kappa shape index (κ2) is 10.6. The lowest BCUT2D eigenvalue weighted by molar-refractivity contribution is -0.140. The molecule has 5 heteroatoms. The zero-order valence-corrected chi connectivity index (χ0v) is 17.3. The molecule has 0 amide bonds. The van der Waals surface area contributed by atoms with Gasteiger partial charge in [0, 0.05) is 23.2 Å². The maximum Gasteiger partial charge on any atom is 0.305 e. The van der Waals surface area contributed by atoms with E-state index >= 15 is 0 Å². The van der Waals surface area contributed by atoms with Gasteiger partial charge < -0.3 is 9.47 Å². The molecule has 150 valence electrons. The van der Waals surface area contributed by atoms with E-state index < -0.39 is 0 Å². The topological polar surface area (TPSA) is 53.4 Å². The summed E-state index contributed by atoms with van der Waals surface area (Å²) in [5, 5.41) is 4.64. The fraction of sp³-hybridized carbons (Fsp3) is 0.478. The van der Waals surface area contributed by atoms with Crippen molar-refractivity contribution in [3.8, 4) is 18.1 Å². The number of aromatic nitrogens is 2.